The third-order valence-corrected chi connectivity index (χ3v) is 3.21. The number of aryl methyl sites for hydroxylation is 2. The van der Waals surface area contributed by atoms with E-state index in [9.17, 15) is 5.11 Å². The van der Waals surface area contributed by atoms with Gasteiger partial charge in [-0.2, -0.15) is 5.10 Å². The molecule has 18 heavy (non-hydrogen) atoms. The average molecular weight is 252 g/mol. The Balaban J connectivity index is 2.90. The van der Waals surface area contributed by atoms with Crippen molar-refractivity contribution in [2.24, 2.45) is 5.92 Å². The maximum Gasteiger partial charge on any atom is 0.212 e. The summed E-state index contributed by atoms with van der Waals surface area (Å²) in [6.45, 7) is 9.56. The van der Waals surface area contributed by atoms with Gasteiger partial charge in [0.25, 0.3) is 0 Å². The minimum atomic E-state index is 0.406. The number of aromatic nitrogens is 2. The molecule has 0 spiro atoms. The summed E-state index contributed by atoms with van der Waals surface area (Å²) in [5.41, 5.74) is 2.19. The van der Waals surface area contributed by atoms with E-state index in [0.717, 1.165) is 49.9 Å². The van der Waals surface area contributed by atoms with Crippen LogP contribution in [0.25, 0.3) is 0 Å². The first-order valence-electron chi connectivity index (χ1n) is 7.37. The van der Waals surface area contributed by atoms with Crippen LogP contribution in [0, 0.1) is 5.92 Å². The largest absolute Gasteiger partial charge is 0.493 e. The number of nitrogens with zero attached hydrogens (tertiary/aromatic N) is 2. The molecule has 1 aromatic heterocycles. The predicted molar refractivity (Wildman–Crippen MR) is 76.0 cm³/mol. The molecular weight excluding hydrogens is 224 g/mol. The Kier molecular flexibility index (Phi) is 6.23. The van der Waals surface area contributed by atoms with E-state index in [2.05, 4.69) is 32.8 Å². The van der Waals surface area contributed by atoms with Gasteiger partial charge in [0.2, 0.25) is 5.88 Å². The quantitative estimate of drug-likeness (QED) is 0.761. The molecule has 3 heteroatoms. The highest BCUT2D eigenvalue weighted by Gasteiger charge is 2.17. The summed E-state index contributed by atoms with van der Waals surface area (Å²) in [5.74, 6) is 0.961. The van der Waals surface area contributed by atoms with Crippen LogP contribution >= 0.6 is 0 Å². The highest BCUT2D eigenvalue weighted by atomic mass is 16.3. The molecule has 0 saturated heterocycles. The van der Waals surface area contributed by atoms with Crippen LogP contribution in [-0.2, 0) is 19.4 Å². The van der Waals surface area contributed by atoms with Gasteiger partial charge in [-0.15, -0.1) is 0 Å². The second kappa shape index (κ2) is 7.45. The van der Waals surface area contributed by atoms with Crippen molar-refractivity contribution in [2.45, 2.75) is 72.8 Å². The van der Waals surface area contributed by atoms with Gasteiger partial charge in [-0.25, -0.2) is 4.68 Å². The SMILES string of the molecule is CCCCc1nn(CCCC)c(O)c1CC(C)C. The van der Waals surface area contributed by atoms with Crippen molar-refractivity contribution in [3.05, 3.63) is 11.3 Å². The summed E-state index contributed by atoms with van der Waals surface area (Å²) in [6, 6.07) is 0. The van der Waals surface area contributed by atoms with Gasteiger partial charge >= 0.3 is 0 Å². The van der Waals surface area contributed by atoms with Crippen LogP contribution in [0.1, 0.15) is 64.6 Å². The first-order valence-corrected chi connectivity index (χ1v) is 7.37. The van der Waals surface area contributed by atoms with Crippen molar-refractivity contribution >= 4 is 0 Å². The van der Waals surface area contributed by atoms with Gasteiger partial charge in [0.1, 0.15) is 0 Å². The van der Waals surface area contributed by atoms with Crippen LogP contribution in [0.15, 0.2) is 0 Å². The maximum atomic E-state index is 10.3. The van der Waals surface area contributed by atoms with Gasteiger partial charge in [-0.1, -0.05) is 40.5 Å². The molecule has 1 rings (SSSR count). The van der Waals surface area contributed by atoms with Gasteiger partial charge in [-0.3, -0.25) is 0 Å². The lowest BCUT2D eigenvalue weighted by molar-refractivity contribution is 0.387. The molecule has 0 aromatic carbocycles. The molecule has 0 radical (unpaired) electrons. The molecule has 0 bridgehead atoms. The molecule has 104 valence electrons. The highest BCUT2D eigenvalue weighted by Crippen LogP contribution is 2.26. The monoisotopic (exact) mass is 252 g/mol. The number of aromatic hydroxyl groups is 1. The van der Waals surface area contributed by atoms with Gasteiger partial charge in [0.15, 0.2) is 0 Å². The number of unbranched alkanes of at least 4 members (excludes halogenated alkanes) is 2. The van der Waals surface area contributed by atoms with E-state index in [-0.39, 0.29) is 0 Å². The Morgan fingerprint density at radius 3 is 2.39 bits per heavy atom. The average Bonchev–Trinajstić information content (AvgIpc) is 2.61. The molecule has 0 fully saturated rings. The van der Waals surface area contributed by atoms with Crippen molar-refractivity contribution in [1.82, 2.24) is 9.78 Å². The van der Waals surface area contributed by atoms with Crippen molar-refractivity contribution in [2.75, 3.05) is 0 Å². The van der Waals surface area contributed by atoms with Crippen molar-refractivity contribution in [3.63, 3.8) is 0 Å². The Labute approximate surface area is 111 Å². The lowest BCUT2D eigenvalue weighted by atomic mass is 10.0. The summed E-state index contributed by atoms with van der Waals surface area (Å²) >= 11 is 0. The third-order valence-electron chi connectivity index (χ3n) is 3.21. The molecule has 0 atom stereocenters. The van der Waals surface area contributed by atoms with Gasteiger partial charge in [0.05, 0.1) is 5.69 Å². The predicted octanol–water partition coefficient (Wildman–Crippen LogP) is 3.93. The lowest BCUT2D eigenvalue weighted by Crippen LogP contribution is -2.00. The summed E-state index contributed by atoms with van der Waals surface area (Å²) < 4.78 is 1.80. The van der Waals surface area contributed by atoms with Crippen molar-refractivity contribution in [3.8, 4) is 5.88 Å². The molecular formula is C15H28N2O. The molecule has 1 N–H and O–H groups in total. The van der Waals surface area contributed by atoms with E-state index in [1.165, 1.54) is 6.42 Å². The summed E-state index contributed by atoms with van der Waals surface area (Å²) in [4.78, 5) is 0. The van der Waals surface area contributed by atoms with Crippen LogP contribution < -0.4 is 0 Å². The normalized spacial score (nSPS) is 11.4. The number of hydrogen-bond acceptors (Lipinski definition) is 2. The fourth-order valence-electron chi connectivity index (χ4n) is 2.16. The standard InChI is InChI=1S/C15H28N2O/c1-5-7-9-14-13(11-12(3)4)15(18)17(16-14)10-8-6-2/h12,18H,5-11H2,1-4H3. The smallest absolute Gasteiger partial charge is 0.212 e. The van der Waals surface area contributed by atoms with Crippen LogP contribution in [0.3, 0.4) is 0 Å². The Hall–Kier alpha value is -0.990. The Morgan fingerprint density at radius 2 is 1.83 bits per heavy atom. The lowest BCUT2D eigenvalue weighted by Gasteiger charge is -2.06. The van der Waals surface area contributed by atoms with Crippen molar-refractivity contribution < 1.29 is 5.11 Å². The van der Waals surface area contributed by atoms with E-state index in [0.29, 0.717) is 11.8 Å². The van der Waals surface area contributed by atoms with E-state index < -0.39 is 0 Å². The zero-order valence-corrected chi connectivity index (χ0v) is 12.4. The fourth-order valence-corrected chi connectivity index (χ4v) is 2.16. The molecule has 0 amide bonds. The molecule has 1 aromatic rings. The first-order chi connectivity index (χ1) is 8.60. The fraction of sp³-hybridized carbons (Fsp3) is 0.800. The van der Waals surface area contributed by atoms with E-state index in [1.54, 1.807) is 4.68 Å². The highest BCUT2D eigenvalue weighted by molar-refractivity contribution is 5.31. The molecule has 3 nitrogen and oxygen atoms in total. The zero-order chi connectivity index (χ0) is 13.5. The minimum Gasteiger partial charge on any atom is -0.493 e. The van der Waals surface area contributed by atoms with E-state index in [4.69, 9.17) is 0 Å². The molecule has 0 aliphatic rings. The topological polar surface area (TPSA) is 38.0 Å². The summed E-state index contributed by atoms with van der Waals surface area (Å²) in [7, 11) is 0. The molecule has 0 aliphatic heterocycles. The van der Waals surface area contributed by atoms with E-state index >= 15 is 0 Å². The van der Waals surface area contributed by atoms with Gasteiger partial charge < -0.3 is 5.11 Å². The van der Waals surface area contributed by atoms with Gasteiger partial charge in [-0.05, 0) is 31.6 Å². The molecule has 0 unspecified atom stereocenters. The minimum absolute atomic E-state index is 0.406. The number of rotatable bonds is 8. The van der Waals surface area contributed by atoms with Crippen LogP contribution in [0.2, 0.25) is 0 Å². The summed E-state index contributed by atoms with van der Waals surface area (Å²) in [6.07, 6.45) is 6.44. The zero-order valence-electron chi connectivity index (χ0n) is 12.4. The van der Waals surface area contributed by atoms with Gasteiger partial charge in [0, 0.05) is 12.1 Å². The molecule has 0 aliphatic carbocycles. The van der Waals surface area contributed by atoms with Crippen LogP contribution in [-0.4, -0.2) is 14.9 Å². The van der Waals surface area contributed by atoms with Crippen molar-refractivity contribution in [1.29, 1.82) is 0 Å². The Morgan fingerprint density at radius 1 is 1.17 bits per heavy atom. The molecule has 0 saturated carbocycles. The molecule has 1 heterocycles. The Bertz CT molecular complexity index is 356. The first kappa shape index (κ1) is 15.1. The number of hydrogen-bond donors (Lipinski definition) is 1. The second-order valence-corrected chi connectivity index (χ2v) is 5.53. The maximum absolute atomic E-state index is 10.3. The van der Waals surface area contributed by atoms with Crippen LogP contribution in [0.4, 0.5) is 0 Å². The second-order valence-electron chi connectivity index (χ2n) is 5.53. The summed E-state index contributed by atoms with van der Waals surface area (Å²) in [5, 5.41) is 14.9. The van der Waals surface area contributed by atoms with E-state index in [1.807, 2.05) is 0 Å². The van der Waals surface area contributed by atoms with Crippen LogP contribution in [0.5, 0.6) is 5.88 Å². The third kappa shape index (κ3) is 4.04.